The smallest absolute Gasteiger partial charge is 0.257 e. The molecule has 1 amide bonds. The van der Waals surface area contributed by atoms with Gasteiger partial charge in [0, 0.05) is 38.6 Å². The van der Waals surface area contributed by atoms with E-state index in [0.717, 1.165) is 5.56 Å². The summed E-state index contributed by atoms with van der Waals surface area (Å²) in [4.78, 5) is 18.9. The fourth-order valence-corrected chi connectivity index (χ4v) is 5.36. The number of anilines is 2. The van der Waals surface area contributed by atoms with Gasteiger partial charge in [-0.3, -0.25) is 9.78 Å². The molecule has 0 unspecified atom stereocenters. The predicted molar refractivity (Wildman–Crippen MR) is 126 cm³/mol. The van der Waals surface area contributed by atoms with E-state index < -0.39 is 10.0 Å². The number of benzene rings is 2. The molecule has 1 aliphatic heterocycles. The lowest BCUT2D eigenvalue weighted by Crippen LogP contribution is -2.49. The van der Waals surface area contributed by atoms with Crippen LogP contribution >= 0.6 is 11.6 Å². The molecule has 7 nitrogen and oxygen atoms in total. The largest absolute Gasteiger partial charge is 0.366 e. The summed E-state index contributed by atoms with van der Waals surface area (Å²) in [5.74, 6) is -0.290. The maximum absolute atomic E-state index is 13.0. The number of carbonyl (C=O) groups is 1. The third-order valence-electron chi connectivity index (χ3n) is 5.37. The lowest BCUT2D eigenvalue weighted by atomic mass is 10.2. The van der Waals surface area contributed by atoms with Crippen molar-refractivity contribution >= 4 is 38.9 Å². The molecule has 166 valence electrons. The Balaban J connectivity index is 1.51. The second-order valence-electron chi connectivity index (χ2n) is 7.54. The van der Waals surface area contributed by atoms with Gasteiger partial charge in [0.05, 0.1) is 26.9 Å². The van der Waals surface area contributed by atoms with Crippen LogP contribution in [0.25, 0.3) is 0 Å². The number of rotatable bonds is 5. The highest BCUT2D eigenvalue weighted by Crippen LogP contribution is 2.35. The van der Waals surface area contributed by atoms with Crippen LogP contribution in [0, 0.1) is 6.92 Å². The quantitative estimate of drug-likeness (QED) is 0.613. The first-order valence-electron chi connectivity index (χ1n) is 10.2. The molecule has 9 heteroatoms. The van der Waals surface area contributed by atoms with Gasteiger partial charge in [0.25, 0.3) is 5.91 Å². The number of halogens is 1. The molecule has 0 bridgehead atoms. The van der Waals surface area contributed by atoms with Crippen LogP contribution < -0.4 is 10.2 Å². The van der Waals surface area contributed by atoms with Crippen LogP contribution in [0.5, 0.6) is 0 Å². The molecule has 4 rings (SSSR count). The van der Waals surface area contributed by atoms with Crippen molar-refractivity contribution in [1.82, 2.24) is 9.29 Å². The molecular formula is C23H23ClN4O3S. The summed E-state index contributed by atoms with van der Waals surface area (Å²) >= 11 is 6.49. The zero-order valence-corrected chi connectivity index (χ0v) is 19.1. The van der Waals surface area contributed by atoms with E-state index in [-0.39, 0.29) is 5.91 Å². The van der Waals surface area contributed by atoms with Crippen LogP contribution in [-0.2, 0) is 10.0 Å². The number of piperazine rings is 1. The highest BCUT2D eigenvalue weighted by atomic mass is 35.5. The monoisotopic (exact) mass is 470 g/mol. The van der Waals surface area contributed by atoms with Crippen molar-refractivity contribution in [3.8, 4) is 0 Å². The third kappa shape index (κ3) is 4.62. The Kier molecular flexibility index (Phi) is 6.45. The number of hydrogen-bond donors (Lipinski definition) is 1. The molecule has 2 heterocycles. The number of carbonyl (C=O) groups excluding carboxylic acids is 1. The van der Waals surface area contributed by atoms with Crippen LogP contribution in [0.15, 0.2) is 71.9 Å². The van der Waals surface area contributed by atoms with E-state index in [1.807, 2.05) is 11.8 Å². The molecule has 1 fully saturated rings. The number of aromatic nitrogens is 1. The number of hydrogen-bond acceptors (Lipinski definition) is 5. The highest BCUT2D eigenvalue weighted by Gasteiger charge is 2.30. The predicted octanol–water partition coefficient (Wildman–Crippen LogP) is 3.81. The first kappa shape index (κ1) is 22.3. The second kappa shape index (κ2) is 9.28. The standard InChI is InChI=1S/C23H23ClN4O3S/c1-17-7-9-19(10-8-17)32(30,31)28-14-12-27(13-15-28)22-20(24)5-2-6-21(22)26-23(29)18-4-3-11-25-16-18/h2-11,16H,12-15H2,1H3,(H,26,29). The van der Waals surface area contributed by atoms with E-state index in [2.05, 4.69) is 10.3 Å². The Morgan fingerprint density at radius 1 is 1.00 bits per heavy atom. The molecular weight excluding hydrogens is 448 g/mol. The van der Waals surface area contributed by atoms with Gasteiger partial charge in [-0.05, 0) is 43.3 Å². The van der Waals surface area contributed by atoms with Gasteiger partial charge in [0.15, 0.2) is 0 Å². The van der Waals surface area contributed by atoms with Gasteiger partial charge in [-0.2, -0.15) is 4.31 Å². The number of nitrogens with zero attached hydrogens (tertiary/aromatic N) is 3. The Labute approximate surface area is 192 Å². The Morgan fingerprint density at radius 2 is 1.72 bits per heavy atom. The number of pyridine rings is 1. The number of para-hydroxylation sites is 1. The van der Waals surface area contributed by atoms with E-state index in [0.29, 0.717) is 53.0 Å². The molecule has 2 aromatic carbocycles. The maximum Gasteiger partial charge on any atom is 0.257 e. The van der Waals surface area contributed by atoms with Crippen molar-refractivity contribution in [1.29, 1.82) is 0 Å². The maximum atomic E-state index is 13.0. The van der Waals surface area contributed by atoms with Crippen molar-refractivity contribution in [2.24, 2.45) is 0 Å². The Morgan fingerprint density at radius 3 is 2.38 bits per heavy atom. The van der Waals surface area contributed by atoms with Gasteiger partial charge >= 0.3 is 0 Å². The van der Waals surface area contributed by atoms with Crippen LogP contribution in [-0.4, -0.2) is 49.8 Å². The lowest BCUT2D eigenvalue weighted by molar-refractivity contribution is 0.102. The molecule has 32 heavy (non-hydrogen) atoms. The van der Waals surface area contributed by atoms with Gasteiger partial charge in [0.2, 0.25) is 10.0 Å². The molecule has 1 aliphatic rings. The summed E-state index contributed by atoms with van der Waals surface area (Å²) in [6, 6.07) is 15.5. The van der Waals surface area contributed by atoms with E-state index in [4.69, 9.17) is 11.6 Å². The summed E-state index contributed by atoms with van der Waals surface area (Å²) in [7, 11) is -3.56. The summed E-state index contributed by atoms with van der Waals surface area (Å²) < 4.78 is 27.5. The summed E-state index contributed by atoms with van der Waals surface area (Å²) in [5, 5.41) is 3.39. The summed E-state index contributed by atoms with van der Waals surface area (Å²) in [6.07, 6.45) is 3.10. The average molecular weight is 471 g/mol. The normalized spacial score (nSPS) is 14.9. The molecule has 0 spiro atoms. The van der Waals surface area contributed by atoms with Gasteiger partial charge in [-0.25, -0.2) is 8.42 Å². The van der Waals surface area contributed by atoms with Crippen molar-refractivity contribution in [3.63, 3.8) is 0 Å². The first-order valence-corrected chi connectivity index (χ1v) is 12.0. The van der Waals surface area contributed by atoms with Crippen molar-refractivity contribution in [2.75, 3.05) is 36.4 Å². The zero-order chi connectivity index (χ0) is 22.7. The minimum atomic E-state index is -3.56. The number of amides is 1. The van der Waals surface area contributed by atoms with Crippen LogP contribution in [0.1, 0.15) is 15.9 Å². The minimum Gasteiger partial charge on any atom is -0.366 e. The molecule has 0 saturated carbocycles. The first-order chi connectivity index (χ1) is 15.4. The van der Waals surface area contributed by atoms with Crippen LogP contribution in [0.2, 0.25) is 5.02 Å². The van der Waals surface area contributed by atoms with E-state index in [1.165, 1.54) is 10.5 Å². The molecule has 0 radical (unpaired) electrons. The van der Waals surface area contributed by atoms with E-state index in [1.54, 1.807) is 60.8 Å². The summed E-state index contributed by atoms with van der Waals surface area (Å²) in [5.41, 5.74) is 2.70. The average Bonchev–Trinajstić information content (AvgIpc) is 2.80. The Hall–Kier alpha value is -2.94. The molecule has 1 aromatic heterocycles. The van der Waals surface area contributed by atoms with Crippen molar-refractivity contribution in [3.05, 3.63) is 83.1 Å². The lowest BCUT2D eigenvalue weighted by Gasteiger charge is -2.36. The van der Waals surface area contributed by atoms with Crippen LogP contribution in [0.3, 0.4) is 0 Å². The van der Waals surface area contributed by atoms with Gasteiger partial charge in [0.1, 0.15) is 0 Å². The molecule has 1 N–H and O–H groups in total. The third-order valence-corrected chi connectivity index (χ3v) is 7.59. The number of sulfonamides is 1. The van der Waals surface area contributed by atoms with Gasteiger partial charge in [-0.1, -0.05) is 35.4 Å². The summed E-state index contributed by atoms with van der Waals surface area (Å²) in [6.45, 7) is 3.45. The molecule has 0 aliphatic carbocycles. The number of aryl methyl sites for hydroxylation is 1. The fourth-order valence-electron chi connectivity index (χ4n) is 3.64. The van der Waals surface area contributed by atoms with Gasteiger partial charge < -0.3 is 10.2 Å². The number of nitrogens with one attached hydrogen (secondary N) is 1. The molecule has 1 saturated heterocycles. The minimum absolute atomic E-state index is 0.290. The Bertz CT molecular complexity index is 1210. The highest BCUT2D eigenvalue weighted by molar-refractivity contribution is 7.89. The fraction of sp³-hybridized carbons (Fsp3) is 0.217. The zero-order valence-electron chi connectivity index (χ0n) is 17.5. The SMILES string of the molecule is Cc1ccc(S(=O)(=O)N2CCN(c3c(Cl)cccc3NC(=O)c3cccnc3)CC2)cc1. The van der Waals surface area contributed by atoms with Gasteiger partial charge in [-0.15, -0.1) is 0 Å². The van der Waals surface area contributed by atoms with E-state index in [9.17, 15) is 13.2 Å². The van der Waals surface area contributed by atoms with Crippen LogP contribution in [0.4, 0.5) is 11.4 Å². The topological polar surface area (TPSA) is 82.6 Å². The van der Waals surface area contributed by atoms with Crippen molar-refractivity contribution < 1.29 is 13.2 Å². The molecule has 0 atom stereocenters. The van der Waals surface area contributed by atoms with E-state index >= 15 is 0 Å². The second-order valence-corrected chi connectivity index (χ2v) is 9.88. The van der Waals surface area contributed by atoms with Crippen molar-refractivity contribution in [2.45, 2.75) is 11.8 Å². The molecule has 3 aromatic rings.